The van der Waals surface area contributed by atoms with Crippen LogP contribution < -0.4 is 5.32 Å². The van der Waals surface area contributed by atoms with Gasteiger partial charge in [0.1, 0.15) is 0 Å². The highest BCUT2D eigenvalue weighted by molar-refractivity contribution is 5.77. The molecule has 1 aliphatic rings. The van der Waals surface area contributed by atoms with Crippen LogP contribution in [-0.2, 0) is 14.3 Å². The second-order valence-electron chi connectivity index (χ2n) is 12.2. The van der Waals surface area contributed by atoms with Gasteiger partial charge in [0, 0.05) is 25.9 Å². The first kappa shape index (κ1) is 33.9. The first-order valence-electron chi connectivity index (χ1n) is 15.6. The molecule has 1 aliphatic heterocycles. The number of aliphatic hydroxyl groups is 1. The van der Waals surface area contributed by atoms with E-state index in [0.29, 0.717) is 39.0 Å². The van der Waals surface area contributed by atoms with Crippen molar-refractivity contribution in [2.75, 3.05) is 19.7 Å². The molecule has 0 aromatic rings. The summed E-state index contributed by atoms with van der Waals surface area (Å²) < 4.78 is 5.85. The van der Waals surface area contributed by atoms with E-state index in [1.807, 2.05) is 20.8 Å². The minimum Gasteiger partial charge on any atom is -0.391 e. The number of nitrogens with zero attached hydrogens (tertiary/aromatic N) is 1. The molecule has 0 aromatic heterocycles. The molecule has 218 valence electrons. The fourth-order valence-electron chi connectivity index (χ4n) is 5.04. The Morgan fingerprint density at radius 2 is 1.32 bits per heavy atom. The molecule has 0 spiro atoms. The number of ether oxygens (including phenoxy) is 1. The highest BCUT2D eigenvalue weighted by Gasteiger charge is 2.34. The van der Waals surface area contributed by atoms with Crippen molar-refractivity contribution in [3.05, 3.63) is 0 Å². The molecule has 0 unspecified atom stereocenters. The molecule has 0 radical (unpaired) electrons. The van der Waals surface area contributed by atoms with Gasteiger partial charge in [-0.2, -0.15) is 0 Å². The quantitative estimate of drug-likeness (QED) is 0.151. The van der Waals surface area contributed by atoms with Gasteiger partial charge in [0.05, 0.1) is 24.4 Å². The van der Waals surface area contributed by atoms with Gasteiger partial charge in [-0.1, -0.05) is 90.4 Å². The van der Waals surface area contributed by atoms with E-state index in [0.717, 1.165) is 32.1 Å². The molecule has 0 saturated carbocycles. The standard InChI is InChI=1S/C31H60N2O4/c1-5-6-7-8-9-10-11-12-13-14-15-16-18-21-29(35)32-23-20-17-19-22-30(36)33-25-28(34)24-27(33)26-37-31(2,3)4/h27-28,34H,5-26H2,1-4H3,(H,32,35)/t27-,28+/m0/s1. The molecule has 2 atom stereocenters. The van der Waals surface area contributed by atoms with Crippen LogP contribution in [0.3, 0.4) is 0 Å². The molecule has 1 fully saturated rings. The number of carbonyl (C=O) groups excluding carboxylic acids is 2. The second-order valence-corrected chi connectivity index (χ2v) is 12.2. The molecule has 1 rings (SSSR count). The molecule has 0 bridgehead atoms. The third-order valence-electron chi connectivity index (χ3n) is 7.32. The summed E-state index contributed by atoms with van der Waals surface area (Å²) in [5.74, 6) is 0.261. The van der Waals surface area contributed by atoms with Gasteiger partial charge in [-0.05, 0) is 46.5 Å². The predicted octanol–water partition coefficient (Wildman–Crippen LogP) is 6.92. The minimum absolute atomic E-state index is 0.0360. The number of amides is 2. The van der Waals surface area contributed by atoms with Gasteiger partial charge in [0.25, 0.3) is 0 Å². The van der Waals surface area contributed by atoms with E-state index in [2.05, 4.69) is 12.2 Å². The second kappa shape index (κ2) is 20.8. The Kier molecular flexibility index (Phi) is 19.0. The number of β-amino-alcohol motifs (C(OH)–C–C–N with tert-alkyl or cyclic N) is 1. The first-order valence-corrected chi connectivity index (χ1v) is 15.6. The highest BCUT2D eigenvalue weighted by Crippen LogP contribution is 2.22. The molecule has 1 saturated heterocycles. The maximum atomic E-state index is 12.7. The summed E-state index contributed by atoms with van der Waals surface area (Å²) in [5.41, 5.74) is -0.251. The zero-order valence-electron chi connectivity index (χ0n) is 24.8. The van der Waals surface area contributed by atoms with Crippen LogP contribution in [0.1, 0.15) is 150 Å². The van der Waals surface area contributed by atoms with Crippen molar-refractivity contribution in [3.63, 3.8) is 0 Å². The number of carbonyl (C=O) groups is 2. The van der Waals surface area contributed by atoms with E-state index in [1.54, 1.807) is 4.90 Å². The molecule has 0 aromatic carbocycles. The largest absolute Gasteiger partial charge is 0.391 e. The molecule has 2 N–H and O–H groups in total. The summed E-state index contributed by atoms with van der Waals surface area (Å²) in [6.45, 7) is 9.85. The van der Waals surface area contributed by atoms with Crippen LogP contribution in [0.15, 0.2) is 0 Å². The van der Waals surface area contributed by atoms with Crippen LogP contribution in [-0.4, -0.2) is 59.3 Å². The van der Waals surface area contributed by atoms with Crippen molar-refractivity contribution < 1.29 is 19.4 Å². The van der Waals surface area contributed by atoms with E-state index < -0.39 is 6.10 Å². The van der Waals surface area contributed by atoms with Crippen LogP contribution >= 0.6 is 0 Å². The average molecular weight is 525 g/mol. The summed E-state index contributed by atoms with van der Waals surface area (Å²) in [6, 6.07) is -0.0360. The lowest BCUT2D eigenvalue weighted by atomic mass is 10.0. The summed E-state index contributed by atoms with van der Waals surface area (Å²) in [4.78, 5) is 26.5. The number of rotatable bonds is 22. The third-order valence-corrected chi connectivity index (χ3v) is 7.32. The molecule has 0 aliphatic carbocycles. The number of likely N-dealkylation sites (tertiary alicyclic amines) is 1. The molecule has 37 heavy (non-hydrogen) atoms. The molecular formula is C31H60N2O4. The number of hydrogen-bond acceptors (Lipinski definition) is 4. The smallest absolute Gasteiger partial charge is 0.222 e. The van der Waals surface area contributed by atoms with Gasteiger partial charge in [-0.15, -0.1) is 0 Å². The van der Waals surface area contributed by atoms with E-state index in [-0.39, 0.29) is 23.5 Å². The van der Waals surface area contributed by atoms with Crippen LogP contribution in [0.5, 0.6) is 0 Å². The Morgan fingerprint density at radius 1 is 0.811 bits per heavy atom. The van der Waals surface area contributed by atoms with Gasteiger partial charge in [-0.3, -0.25) is 9.59 Å². The number of aliphatic hydroxyl groups excluding tert-OH is 1. The number of hydrogen-bond donors (Lipinski definition) is 2. The van der Waals surface area contributed by atoms with Crippen LogP contribution in [0.25, 0.3) is 0 Å². The summed E-state index contributed by atoms with van der Waals surface area (Å²) in [5, 5.41) is 13.1. The molecule has 1 heterocycles. The van der Waals surface area contributed by atoms with Crippen molar-refractivity contribution in [2.45, 2.75) is 167 Å². The Hall–Kier alpha value is -1.14. The monoisotopic (exact) mass is 524 g/mol. The molecule has 6 nitrogen and oxygen atoms in total. The van der Waals surface area contributed by atoms with Crippen molar-refractivity contribution in [1.29, 1.82) is 0 Å². The normalized spacial score (nSPS) is 17.9. The summed E-state index contributed by atoms with van der Waals surface area (Å²) in [7, 11) is 0. The Bertz CT molecular complexity index is 590. The average Bonchev–Trinajstić information content (AvgIpc) is 3.23. The van der Waals surface area contributed by atoms with Crippen LogP contribution in [0.4, 0.5) is 0 Å². The Labute approximate surface area is 228 Å². The molecular weight excluding hydrogens is 464 g/mol. The topological polar surface area (TPSA) is 78.9 Å². The zero-order valence-corrected chi connectivity index (χ0v) is 24.8. The first-order chi connectivity index (χ1) is 17.7. The van der Waals surface area contributed by atoms with E-state index in [4.69, 9.17) is 4.74 Å². The summed E-state index contributed by atoms with van der Waals surface area (Å²) in [6.07, 6.45) is 21.0. The number of unbranched alkanes of at least 4 members (excludes halogenated alkanes) is 14. The fourth-order valence-corrected chi connectivity index (χ4v) is 5.04. The van der Waals surface area contributed by atoms with Gasteiger partial charge < -0.3 is 20.1 Å². The lowest BCUT2D eigenvalue weighted by Crippen LogP contribution is -2.40. The predicted molar refractivity (Wildman–Crippen MR) is 154 cm³/mol. The Morgan fingerprint density at radius 3 is 1.89 bits per heavy atom. The maximum absolute atomic E-state index is 12.7. The Balaban J connectivity index is 1.94. The minimum atomic E-state index is -0.456. The van der Waals surface area contributed by atoms with E-state index in [9.17, 15) is 14.7 Å². The SMILES string of the molecule is CCCCCCCCCCCCCCCC(=O)NCCCCCC(=O)N1C[C@H](O)C[C@H]1COC(C)(C)C. The van der Waals surface area contributed by atoms with Crippen molar-refractivity contribution in [2.24, 2.45) is 0 Å². The summed E-state index contributed by atoms with van der Waals surface area (Å²) >= 11 is 0. The van der Waals surface area contributed by atoms with Crippen LogP contribution in [0.2, 0.25) is 0 Å². The molecule has 2 amide bonds. The van der Waals surface area contributed by atoms with Gasteiger partial charge in [0.2, 0.25) is 11.8 Å². The highest BCUT2D eigenvalue weighted by atomic mass is 16.5. The van der Waals surface area contributed by atoms with E-state index in [1.165, 1.54) is 70.6 Å². The van der Waals surface area contributed by atoms with Gasteiger partial charge in [0.15, 0.2) is 0 Å². The van der Waals surface area contributed by atoms with Gasteiger partial charge >= 0.3 is 0 Å². The number of nitrogens with one attached hydrogen (secondary N) is 1. The van der Waals surface area contributed by atoms with E-state index >= 15 is 0 Å². The van der Waals surface area contributed by atoms with Crippen LogP contribution in [0, 0.1) is 0 Å². The van der Waals surface area contributed by atoms with Gasteiger partial charge in [-0.25, -0.2) is 0 Å². The lowest BCUT2D eigenvalue weighted by Gasteiger charge is -2.28. The third kappa shape index (κ3) is 18.7. The van der Waals surface area contributed by atoms with Crippen molar-refractivity contribution >= 4 is 11.8 Å². The van der Waals surface area contributed by atoms with Crippen molar-refractivity contribution in [1.82, 2.24) is 10.2 Å². The fraction of sp³-hybridized carbons (Fsp3) is 0.935. The lowest BCUT2D eigenvalue weighted by molar-refractivity contribution is -0.134. The zero-order chi connectivity index (χ0) is 27.4. The molecule has 6 heteroatoms. The van der Waals surface area contributed by atoms with Crippen molar-refractivity contribution in [3.8, 4) is 0 Å². The maximum Gasteiger partial charge on any atom is 0.222 e.